The number of nitrogens with zero attached hydrogens (tertiary/aromatic N) is 2. The van der Waals surface area contributed by atoms with E-state index in [-0.39, 0.29) is 17.6 Å². The Labute approximate surface area is 118 Å². The van der Waals surface area contributed by atoms with Crippen molar-refractivity contribution in [2.24, 2.45) is 0 Å². The van der Waals surface area contributed by atoms with Gasteiger partial charge in [0, 0.05) is 18.4 Å². The average molecular weight is 277 g/mol. The van der Waals surface area contributed by atoms with Gasteiger partial charge in [-0.3, -0.25) is 9.78 Å². The van der Waals surface area contributed by atoms with E-state index >= 15 is 0 Å². The Bertz CT molecular complexity index is 458. The van der Waals surface area contributed by atoms with Crippen LogP contribution in [0.4, 0.5) is 0 Å². The van der Waals surface area contributed by atoms with Crippen molar-refractivity contribution in [3.8, 4) is 0 Å². The van der Waals surface area contributed by atoms with Gasteiger partial charge in [-0.1, -0.05) is 19.3 Å². The Hall–Kier alpha value is -1.98. The summed E-state index contributed by atoms with van der Waals surface area (Å²) < 4.78 is 5.09. The second kappa shape index (κ2) is 6.98. The number of nitrogens with one attached hydrogen (secondary N) is 1. The van der Waals surface area contributed by atoms with E-state index in [9.17, 15) is 9.59 Å². The lowest BCUT2D eigenvalue weighted by atomic mass is 9.95. The molecule has 1 heterocycles. The van der Waals surface area contributed by atoms with Gasteiger partial charge in [-0.2, -0.15) is 0 Å². The highest BCUT2D eigenvalue weighted by Crippen LogP contribution is 2.17. The molecule has 1 aromatic rings. The maximum absolute atomic E-state index is 12.0. The largest absolute Gasteiger partial charge is 0.448 e. The van der Waals surface area contributed by atoms with Gasteiger partial charge in [-0.15, -0.1) is 0 Å². The molecule has 2 rings (SSSR count). The first-order valence-corrected chi connectivity index (χ1v) is 6.94. The number of rotatable bonds is 4. The number of carbonyl (C=O) groups excluding carboxylic acids is 2. The SMILES string of the molecule is C[C@@H](OC(=O)c1cnccn1)C(=O)NC1CCCCC1. The van der Waals surface area contributed by atoms with Crippen molar-refractivity contribution < 1.29 is 14.3 Å². The summed E-state index contributed by atoms with van der Waals surface area (Å²) in [5.74, 6) is -0.890. The third kappa shape index (κ3) is 4.01. The van der Waals surface area contributed by atoms with E-state index in [1.54, 1.807) is 6.92 Å². The molecule has 0 saturated heterocycles. The van der Waals surface area contributed by atoms with Gasteiger partial charge in [-0.25, -0.2) is 9.78 Å². The van der Waals surface area contributed by atoms with Crippen LogP contribution in [0.2, 0.25) is 0 Å². The van der Waals surface area contributed by atoms with Gasteiger partial charge in [-0.05, 0) is 19.8 Å². The van der Waals surface area contributed by atoms with Crippen LogP contribution in [0.5, 0.6) is 0 Å². The Morgan fingerprint density at radius 1 is 1.30 bits per heavy atom. The lowest BCUT2D eigenvalue weighted by Gasteiger charge is -2.24. The van der Waals surface area contributed by atoms with Crippen LogP contribution >= 0.6 is 0 Å². The standard InChI is InChI=1S/C14H19N3O3/c1-10(13(18)17-11-5-3-2-4-6-11)20-14(19)12-9-15-7-8-16-12/h7-11H,2-6H2,1H3,(H,17,18)/t10-/m1/s1. The van der Waals surface area contributed by atoms with Crippen molar-refractivity contribution in [2.45, 2.75) is 51.2 Å². The van der Waals surface area contributed by atoms with Gasteiger partial charge in [0.25, 0.3) is 5.91 Å². The number of amides is 1. The summed E-state index contributed by atoms with van der Waals surface area (Å²) in [6.45, 7) is 1.56. The molecule has 0 radical (unpaired) electrons. The van der Waals surface area contributed by atoms with Gasteiger partial charge in [0.05, 0.1) is 6.20 Å². The third-order valence-corrected chi connectivity index (χ3v) is 3.38. The minimum absolute atomic E-state index is 0.102. The summed E-state index contributed by atoms with van der Waals surface area (Å²) in [6.07, 6.45) is 8.85. The number of esters is 1. The van der Waals surface area contributed by atoms with E-state index in [1.165, 1.54) is 25.0 Å². The van der Waals surface area contributed by atoms with Crippen LogP contribution in [0, 0.1) is 0 Å². The molecule has 0 bridgehead atoms. The van der Waals surface area contributed by atoms with Crippen LogP contribution < -0.4 is 5.32 Å². The van der Waals surface area contributed by atoms with Crippen molar-refractivity contribution in [3.05, 3.63) is 24.3 Å². The zero-order valence-electron chi connectivity index (χ0n) is 11.5. The molecule has 1 atom stereocenters. The second-order valence-corrected chi connectivity index (χ2v) is 4.98. The first kappa shape index (κ1) is 14.4. The molecular weight excluding hydrogens is 258 g/mol. The Morgan fingerprint density at radius 2 is 2.05 bits per heavy atom. The maximum Gasteiger partial charge on any atom is 0.359 e. The van der Waals surface area contributed by atoms with E-state index in [2.05, 4.69) is 15.3 Å². The molecule has 20 heavy (non-hydrogen) atoms. The van der Waals surface area contributed by atoms with E-state index < -0.39 is 12.1 Å². The van der Waals surface area contributed by atoms with Crippen molar-refractivity contribution in [1.82, 2.24) is 15.3 Å². The minimum atomic E-state index is -0.827. The summed E-state index contributed by atoms with van der Waals surface area (Å²) in [5.41, 5.74) is 0.102. The fourth-order valence-corrected chi connectivity index (χ4v) is 2.24. The molecule has 0 spiro atoms. The Balaban J connectivity index is 1.83. The van der Waals surface area contributed by atoms with Crippen LogP contribution in [0.3, 0.4) is 0 Å². The van der Waals surface area contributed by atoms with Gasteiger partial charge in [0.15, 0.2) is 11.8 Å². The highest BCUT2D eigenvalue weighted by molar-refractivity contribution is 5.90. The highest BCUT2D eigenvalue weighted by Gasteiger charge is 2.23. The van der Waals surface area contributed by atoms with Gasteiger partial charge >= 0.3 is 5.97 Å². The average Bonchev–Trinajstić information content (AvgIpc) is 2.49. The molecule has 1 aliphatic rings. The first-order valence-electron chi connectivity index (χ1n) is 6.94. The first-order chi connectivity index (χ1) is 9.66. The maximum atomic E-state index is 12.0. The summed E-state index contributed by atoms with van der Waals surface area (Å²) in [5, 5.41) is 2.92. The van der Waals surface area contributed by atoms with Crippen LogP contribution in [-0.2, 0) is 9.53 Å². The molecule has 6 heteroatoms. The molecule has 0 aromatic carbocycles. The van der Waals surface area contributed by atoms with Crippen LogP contribution in [0.15, 0.2) is 18.6 Å². The van der Waals surface area contributed by atoms with E-state index in [0.717, 1.165) is 25.7 Å². The molecule has 0 aliphatic heterocycles. The van der Waals surface area contributed by atoms with Crippen molar-refractivity contribution in [2.75, 3.05) is 0 Å². The van der Waals surface area contributed by atoms with Crippen LogP contribution in [-0.4, -0.2) is 34.0 Å². The fourth-order valence-electron chi connectivity index (χ4n) is 2.24. The molecule has 1 aromatic heterocycles. The van der Waals surface area contributed by atoms with Crippen molar-refractivity contribution in [1.29, 1.82) is 0 Å². The number of ether oxygens (including phenoxy) is 1. The van der Waals surface area contributed by atoms with Crippen LogP contribution in [0.1, 0.15) is 49.5 Å². The normalized spacial score (nSPS) is 17.2. The Morgan fingerprint density at radius 3 is 2.70 bits per heavy atom. The van der Waals surface area contributed by atoms with Gasteiger partial charge < -0.3 is 10.1 Å². The summed E-state index contributed by atoms with van der Waals surface area (Å²) in [7, 11) is 0. The number of hydrogen-bond donors (Lipinski definition) is 1. The predicted octanol–water partition coefficient (Wildman–Crippen LogP) is 1.47. The molecule has 1 amide bonds. The molecule has 6 nitrogen and oxygen atoms in total. The molecule has 108 valence electrons. The number of hydrogen-bond acceptors (Lipinski definition) is 5. The zero-order chi connectivity index (χ0) is 14.4. The van der Waals surface area contributed by atoms with Crippen molar-refractivity contribution >= 4 is 11.9 Å². The van der Waals surface area contributed by atoms with Crippen molar-refractivity contribution in [3.63, 3.8) is 0 Å². The van der Waals surface area contributed by atoms with Gasteiger partial charge in [0.2, 0.25) is 0 Å². The highest BCUT2D eigenvalue weighted by atomic mass is 16.5. The fraction of sp³-hybridized carbons (Fsp3) is 0.571. The molecule has 0 unspecified atom stereocenters. The van der Waals surface area contributed by atoms with Crippen LogP contribution in [0.25, 0.3) is 0 Å². The molecule has 1 N–H and O–H groups in total. The minimum Gasteiger partial charge on any atom is -0.448 e. The summed E-state index contributed by atoms with van der Waals surface area (Å²) in [6, 6.07) is 0.203. The zero-order valence-corrected chi connectivity index (χ0v) is 11.5. The van der Waals surface area contributed by atoms with Gasteiger partial charge in [0.1, 0.15) is 0 Å². The Kier molecular flexibility index (Phi) is 5.03. The quantitative estimate of drug-likeness (QED) is 0.843. The molecule has 1 aliphatic carbocycles. The topological polar surface area (TPSA) is 81.2 Å². The number of carbonyl (C=O) groups is 2. The molecule has 1 fully saturated rings. The van der Waals surface area contributed by atoms with E-state index in [4.69, 9.17) is 4.74 Å². The second-order valence-electron chi connectivity index (χ2n) is 4.98. The third-order valence-electron chi connectivity index (χ3n) is 3.38. The number of aromatic nitrogens is 2. The smallest absolute Gasteiger partial charge is 0.359 e. The van der Waals surface area contributed by atoms with E-state index in [1.807, 2.05) is 0 Å². The van der Waals surface area contributed by atoms with E-state index in [0.29, 0.717) is 0 Å². The molecular formula is C14H19N3O3. The molecule has 1 saturated carbocycles. The lowest BCUT2D eigenvalue weighted by Crippen LogP contribution is -2.42. The summed E-state index contributed by atoms with van der Waals surface area (Å²) >= 11 is 0. The predicted molar refractivity (Wildman–Crippen MR) is 71.9 cm³/mol. The monoisotopic (exact) mass is 277 g/mol. The lowest BCUT2D eigenvalue weighted by molar-refractivity contribution is -0.130. The summed E-state index contributed by atoms with van der Waals surface area (Å²) in [4.78, 5) is 31.3.